The molecule has 1 atom stereocenters. The molecule has 0 radical (unpaired) electrons. The fourth-order valence-corrected chi connectivity index (χ4v) is 3.63. The zero-order chi connectivity index (χ0) is 24.2. The first-order valence-electron chi connectivity index (χ1n) is 10.5. The largest absolute Gasteiger partial charge is 0.472 e. The molecule has 1 aliphatic heterocycles. The third-order valence-electron chi connectivity index (χ3n) is 5.51. The normalized spacial score (nSPS) is 17.9. The van der Waals surface area contributed by atoms with Crippen LogP contribution in [0.4, 0.5) is 24.5 Å². The lowest BCUT2D eigenvalue weighted by Crippen LogP contribution is -2.59. The van der Waals surface area contributed by atoms with Crippen molar-refractivity contribution in [3.63, 3.8) is 0 Å². The molecule has 3 aromatic rings. The second-order valence-corrected chi connectivity index (χ2v) is 7.90. The van der Waals surface area contributed by atoms with Crippen LogP contribution in [0, 0.1) is 0 Å². The number of anilines is 2. The van der Waals surface area contributed by atoms with Gasteiger partial charge in [-0.1, -0.05) is 24.3 Å². The van der Waals surface area contributed by atoms with Crippen LogP contribution in [-0.2, 0) is 22.3 Å². The Hall–Kier alpha value is -3.79. The first-order valence-corrected chi connectivity index (χ1v) is 10.5. The lowest BCUT2D eigenvalue weighted by molar-refractivity contribution is -0.137. The van der Waals surface area contributed by atoms with E-state index in [0.717, 1.165) is 11.6 Å². The minimum Gasteiger partial charge on any atom is -0.472 e. The molecule has 1 aromatic heterocycles. The Kier molecular flexibility index (Phi) is 6.60. The van der Waals surface area contributed by atoms with Gasteiger partial charge in [0.2, 0.25) is 5.91 Å². The number of hydrogen-bond acceptors (Lipinski definition) is 5. The van der Waals surface area contributed by atoms with Crippen molar-refractivity contribution < 1.29 is 31.9 Å². The average molecular weight is 473 g/mol. The summed E-state index contributed by atoms with van der Waals surface area (Å²) >= 11 is 0. The highest BCUT2D eigenvalue weighted by atomic mass is 19.4. The van der Waals surface area contributed by atoms with Crippen LogP contribution in [0.2, 0.25) is 0 Å². The number of para-hydroxylation sites is 1. The quantitative estimate of drug-likeness (QED) is 0.477. The molecular formula is C24H22F3N3O4. The summed E-state index contributed by atoms with van der Waals surface area (Å²) in [6.07, 6.45) is -1.49. The highest BCUT2D eigenvalue weighted by Gasteiger charge is 2.43. The molecule has 3 N–H and O–H groups in total. The van der Waals surface area contributed by atoms with Crippen molar-refractivity contribution in [2.45, 2.75) is 24.7 Å². The van der Waals surface area contributed by atoms with Crippen LogP contribution in [0.5, 0.6) is 0 Å². The average Bonchev–Trinajstić information content (AvgIpc) is 3.51. The van der Waals surface area contributed by atoms with Gasteiger partial charge in [0.1, 0.15) is 11.8 Å². The maximum Gasteiger partial charge on any atom is 0.418 e. The third kappa shape index (κ3) is 5.23. The number of carbonyl (C=O) groups excluding carboxylic acids is 2. The maximum absolute atomic E-state index is 13.2. The molecule has 0 aliphatic carbocycles. The summed E-state index contributed by atoms with van der Waals surface area (Å²) in [5.74, 6) is -0.827. The van der Waals surface area contributed by atoms with Crippen molar-refractivity contribution in [1.29, 1.82) is 0 Å². The topological polar surface area (TPSA) is 92.6 Å². The molecule has 0 spiro atoms. The summed E-state index contributed by atoms with van der Waals surface area (Å²) in [7, 11) is 0. The molecule has 1 aliphatic rings. The Morgan fingerprint density at radius 1 is 1.03 bits per heavy atom. The molecule has 1 saturated heterocycles. The first kappa shape index (κ1) is 23.4. The van der Waals surface area contributed by atoms with Crippen molar-refractivity contribution in [1.82, 2.24) is 10.6 Å². The minimum absolute atomic E-state index is 0.0455. The number of benzene rings is 2. The van der Waals surface area contributed by atoms with E-state index in [1.54, 1.807) is 24.3 Å². The molecule has 7 nitrogen and oxygen atoms in total. The molecule has 178 valence electrons. The van der Waals surface area contributed by atoms with Gasteiger partial charge in [-0.25, -0.2) is 0 Å². The predicted molar refractivity (Wildman–Crippen MR) is 117 cm³/mol. The summed E-state index contributed by atoms with van der Waals surface area (Å²) in [5, 5.41) is 8.33. The van der Waals surface area contributed by atoms with Gasteiger partial charge < -0.3 is 25.1 Å². The summed E-state index contributed by atoms with van der Waals surface area (Å²) in [6.45, 7) is 0.546. The van der Waals surface area contributed by atoms with Crippen molar-refractivity contribution in [2.24, 2.45) is 0 Å². The van der Waals surface area contributed by atoms with E-state index in [0.29, 0.717) is 24.3 Å². The van der Waals surface area contributed by atoms with Crippen LogP contribution in [0.1, 0.15) is 27.9 Å². The van der Waals surface area contributed by atoms with Crippen LogP contribution in [-0.4, -0.2) is 30.6 Å². The molecule has 0 saturated carbocycles. The lowest BCUT2D eigenvalue weighted by Gasteiger charge is -2.27. The number of ether oxygens (including phenoxy) is 1. The van der Waals surface area contributed by atoms with Crippen molar-refractivity contribution >= 4 is 23.2 Å². The van der Waals surface area contributed by atoms with Crippen LogP contribution < -0.4 is 16.0 Å². The lowest BCUT2D eigenvalue weighted by atomic mass is 9.96. The molecule has 1 fully saturated rings. The second-order valence-electron chi connectivity index (χ2n) is 7.90. The Labute approximate surface area is 193 Å². The molecule has 10 heteroatoms. The van der Waals surface area contributed by atoms with Gasteiger partial charge in [0.05, 0.1) is 29.7 Å². The van der Waals surface area contributed by atoms with Gasteiger partial charge in [-0.3, -0.25) is 9.59 Å². The molecule has 2 heterocycles. The number of nitrogens with one attached hydrogen (secondary N) is 3. The van der Waals surface area contributed by atoms with Crippen LogP contribution in [0.3, 0.4) is 0 Å². The summed E-state index contributed by atoms with van der Waals surface area (Å²) < 4.78 is 49.9. The highest BCUT2D eigenvalue weighted by Crippen LogP contribution is 2.35. The molecule has 4 rings (SSSR count). The minimum atomic E-state index is -4.47. The van der Waals surface area contributed by atoms with Gasteiger partial charge in [0.15, 0.2) is 0 Å². The zero-order valence-corrected chi connectivity index (χ0v) is 17.9. The van der Waals surface area contributed by atoms with Crippen LogP contribution in [0.25, 0.3) is 0 Å². The Bertz CT molecular complexity index is 1140. The number of amides is 2. The van der Waals surface area contributed by atoms with Crippen LogP contribution in [0.15, 0.2) is 71.5 Å². The summed E-state index contributed by atoms with van der Waals surface area (Å²) in [5.41, 5.74) is -0.496. The van der Waals surface area contributed by atoms with Crippen LogP contribution >= 0.6 is 0 Å². The third-order valence-corrected chi connectivity index (χ3v) is 5.51. The van der Waals surface area contributed by atoms with E-state index >= 15 is 0 Å². The van der Waals surface area contributed by atoms with Gasteiger partial charge in [0, 0.05) is 25.3 Å². The van der Waals surface area contributed by atoms with Gasteiger partial charge in [-0.15, -0.1) is 0 Å². The smallest absolute Gasteiger partial charge is 0.418 e. The summed E-state index contributed by atoms with van der Waals surface area (Å²) in [6, 6.07) is 13.4. The standard InChI is InChI=1S/C24H22F3N3O4/c25-24(26,27)19-3-1-2-4-20(19)29-18-7-5-16(6-8-18)13-28-22(32)23(10-12-34-15-23)30-21(31)17-9-11-33-14-17/h1-9,11,14,29H,10,12-13,15H2,(H,28,32)(H,30,31)/t23-/m0/s1. The van der Waals surface area contributed by atoms with E-state index in [1.807, 2.05) is 0 Å². The van der Waals surface area contributed by atoms with E-state index in [2.05, 4.69) is 16.0 Å². The van der Waals surface area contributed by atoms with Gasteiger partial charge in [-0.2, -0.15) is 13.2 Å². The SMILES string of the molecule is O=C(N[C@@]1(C(=O)NCc2ccc(Nc3ccccc3C(F)(F)F)cc2)CCOC1)c1ccoc1. The summed E-state index contributed by atoms with van der Waals surface area (Å²) in [4.78, 5) is 25.4. The predicted octanol–water partition coefficient (Wildman–Crippen LogP) is 4.25. The molecular weight excluding hydrogens is 451 g/mol. The Morgan fingerprint density at radius 2 is 1.79 bits per heavy atom. The van der Waals surface area contributed by atoms with E-state index in [1.165, 1.54) is 36.8 Å². The monoisotopic (exact) mass is 473 g/mol. The molecule has 34 heavy (non-hydrogen) atoms. The number of alkyl halides is 3. The number of halogens is 3. The fourth-order valence-electron chi connectivity index (χ4n) is 3.63. The zero-order valence-electron chi connectivity index (χ0n) is 17.9. The van der Waals surface area contributed by atoms with Crippen molar-refractivity contribution in [3.8, 4) is 0 Å². The van der Waals surface area contributed by atoms with E-state index in [9.17, 15) is 22.8 Å². The second kappa shape index (κ2) is 9.60. The molecule has 2 amide bonds. The van der Waals surface area contributed by atoms with Gasteiger partial charge in [0.25, 0.3) is 5.91 Å². The fraction of sp³-hybridized carbons (Fsp3) is 0.250. The van der Waals surface area contributed by atoms with E-state index in [-0.39, 0.29) is 24.7 Å². The van der Waals surface area contributed by atoms with Gasteiger partial charge in [-0.05, 0) is 35.9 Å². The number of carbonyl (C=O) groups is 2. The van der Waals surface area contributed by atoms with Gasteiger partial charge >= 0.3 is 6.18 Å². The Morgan fingerprint density at radius 3 is 2.44 bits per heavy atom. The van der Waals surface area contributed by atoms with Crippen molar-refractivity contribution in [2.75, 3.05) is 18.5 Å². The number of rotatable bonds is 7. The maximum atomic E-state index is 13.2. The molecule has 2 aromatic carbocycles. The number of furan rings is 1. The molecule has 0 unspecified atom stereocenters. The van der Waals surface area contributed by atoms with E-state index in [4.69, 9.17) is 9.15 Å². The highest BCUT2D eigenvalue weighted by molar-refractivity contribution is 5.99. The Balaban J connectivity index is 1.38. The van der Waals surface area contributed by atoms with Crippen molar-refractivity contribution in [3.05, 3.63) is 83.8 Å². The first-order chi connectivity index (χ1) is 16.3. The molecule has 0 bridgehead atoms. The number of hydrogen-bond donors (Lipinski definition) is 3. The van der Waals surface area contributed by atoms with E-state index < -0.39 is 23.2 Å².